The van der Waals surface area contributed by atoms with Crippen molar-refractivity contribution in [1.29, 1.82) is 0 Å². The molecule has 1 aliphatic heterocycles. The molecular formula is C28H42N6O6. The fourth-order valence-corrected chi connectivity index (χ4v) is 5.92. The Kier molecular flexibility index (Phi) is 9.40. The molecular weight excluding hydrogens is 516 g/mol. The lowest BCUT2D eigenvalue weighted by atomic mass is 9.85. The van der Waals surface area contributed by atoms with E-state index >= 15 is 0 Å². The summed E-state index contributed by atoms with van der Waals surface area (Å²) >= 11 is 0. The molecule has 2 aliphatic carbocycles. The number of aliphatic hydroxyl groups is 2. The molecule has 4 amide bonds. The third-order valence-electron chi connectivity index (χ3n) is 8.38. The molecule has 3 N–H and O–H groups in total. The maximum absolute atomic E-state index is 13.2. The molecule has 5 atom stereocenters. The average molecular weight is 559 g/mol. The van der Waals surface area contributed by atoms with Crippen LogP contribution in [0.1, 0.15) is 65.0 Å². The summed E-state index contributed by atoms with van der Waals surface area (Å²) in [7, 11) is 0. The van der Waals surface area contributed by atoms with Crippen molar-refractivity contribution in [3.8, 4) is 0 Å². The summed E-state index contributed by atoms with van der Waals surface area (Å²) in [4.78, 5) is 54.2. The molecule has 4 rings (SSSR count). The summed E-state index contributed by atoms with van der Waals surface area (Å²) in [6.07, 6.45) is 9.01. The lowest BCUT2D eigenvalue weighted by Gasteiger charge is -2.23. The number of carbonyl (C=O) groups excluding carboxylic acids is 4. The number of fused-ring (bicyclic) bond motifs is 5. The molecule has 2 fully saturated rings. The minimum atomic E-state index is -0.646. The van der Waals surface area contributed by atoms with Gasteiger partial charge in [0, 0.05) is 32.0 Å². The second kappa shape index (κ2) is 12.6. The second-order valence-corrected chi connectivity index (χ2v) is 12.0. The highest BCUT2D eigenvalue weighted by atomic mass is 16.3. The first-order valence-corrected chi connectivity index (χ1v) is 14.3. The highest BCUT2D eigenvalue weighted by molar-refractivity contribution is 6.06. The number of carbonyl (C=O) groups is 4. The van der Waals surface area contributed by atoms with Gasteiger partial charge in [-0.15, -0.1) is 5.10 Å². The summed E-state index contributed by atoms with van der Waals surface area (Å²) < 4.78 is 1.55. The van der Waals surface area contributed by atoms with Crippen LogP contribution in [0, 0.1) is 23.7 Å². The number of amides is 4. The molecule has 12 heteroatoms. The standard InChI is InChI=1S/C28H42N6O6/c1-18(16-35)29-22(37)10-12-32(14-21-15-34(31-30-21)28(2,3)17-36)23(38)7-5-4-6-11-33-26(39)24-19-8-9-20(13-19)25(24)27(33)40/h8-9,15,18-20,24-25,35-36H,4-7,10-14,16-17H2,1-3H3,(H,29,37)/t18?,19-,20+,24+,25-. The molecule has 3 aliphatic rings. The molecule has 0 aromatic carbocycles. The number of unbranched alkanes of at least 4 members (excludes halogenated alkanes) is 2. The van der Waals surface area contributed by atoms with Gasteiger partial charge in [0.25, 0.3) is 0 Å². The number of likely N-dealkylation sites (tertiary alicyclic amines) is 1. The Labute approximate surface area is 234 Å². The van der Waals surface area contributed by atoms with Gasteiger partial charge in [-0.05, 0) is 51.9 Å². The maximum atomic E-state index is 13.2. The van der Waals surface area contributed by atoms with Crippen LogP contribution >= 0.6 is 0 Å². The van der Waals surface area contributed by atoms with E-state index in [0.717, 1.165) is 6.42 Å². The van der Waals surface area contributed by atoms with Gasteiger partial charge in [-0.3, -0.25) is 24.1 Å². The van der Waals surface area contributed by atoms with Crippen LogP contribution in [0.5, 0.6) is 0 Å². The third kappa shape index (κ3) is 6.43. The molecule has 2 bridgehead atoms. The summed E-state index contributed by atoms with van der Waals surface area (Å²) in [5, 5.41) is 29.7. The topological polar surface area (TPSA) is 158 Å². The summed E-state index contributed by atoms with van der Waals surface area (Å²) in [6, 6.07) is -0.377. The molecule has 0 spiro atoms. The second-order valence-electron chi connectivity index (χ2n) is 12.0. The van der Waals surface area contributed by atoms with Crippen molar-refractivity contribution in [3.63, 3.8) is 0 Å². The Morgan fingerprint density at radius 3 is 2.40 bits per heavy atom. The molecule has 1 saturated heterocycles. The van der Waals surface area contributed by atoms with Gasteiger partial charge >= 0.3 is 0 Å². The van der Waals surface area contributed by atoms with Crippen LogP contribution in [0.3, 0.4) is 0 Å². The van der Waals surface area contributed by atoms with Crippen molar-refractivity contribution in [2.75, 3.05) is 26.3 Å². The number of nitrogens with zero attached hydrogens (tertiary/aromatic N) is 5. The minimum absolute atomic E-state index is 0.0414. The van der Waals surface area contributed by atoms with Gasteiger partial charge in [0.05, 0.1) is 43.3 Å². The summed E-state index contributed by atoms with van der Waals surface area (Å²) in [5.41, 5.74) is -0.105. The average Bonchev–Trinajstić information content (AvgIpc) is 3.72. The number of nitrogens with one attached hydrogen (secondary N) is 1. The predicted molar refractivity (Wildman–Crippen MR) is 144 cm³/mol. The number of rotatable bonds is 15. The van der Waals surface area contributed by atoms with Gasteiger partial charge in [-0.25, -0.2) is 4.68 Å². The number of aromatic nitrogens is 3. The Balaban J connectivity index is 1.27. The molecule has 2 heterocycles. The van der Waals surface area contributed by atoms with Gasteiger partial charge in [-0.1, -0.05) is 23.8 Å². The fraction of sp³-hybridized carbons (Fsp3) is 0.714. The Morgan fingerprint density at radius 1 is 1.10 bits per heavy atom. The first-order chi connectivity index (χ1) is 19.1. The van der Waals surface area contributed by atoms with E-state index in [1.54, 1.807) is 22.7 Å². The minimum Gasteiger partial charge on any atom is -0.394 e. The van der Waals surface area contributed by atoms with Gasteiger partial charge in [0.15, 0.2) is 0 Å². The van der Waals surface area contributed by atoms with E-state index in [9.17, 15) is 29.4 Å². The maximum Gasteiger partial charge on any atom is 0.233 e. The van der Waals surface area contributed by atoms with Crippen LogP contribution in [0.2, 0.25) is 0 Å². The third-order valence-corrected chi connectivity index (χ3v) is 8.38. The van der Waals surface area contributed by atoms with E-state index < -0.39 is 5.54 Å². The normalized spacial score (nSPS) is 24.1. The first-order valence-electron chi connectivity index (χ1n) is 14.3. The van der Waals surface area contributed by atoms with E-state index in [-0.39, 0.29) is 92.5 Å². The van der Waals surface area contributed by atoms with Crippen LogP contribution < -0.4 is 5.32 Å². The molecule has 0 radical (unpaired) electrons. The Hall–Kier alpha value is -3.12. The summed E-state index contributed by atoms with van der Waals surface area (Å²) in [6.45, 7) is 5.75. The molecule has 1 saturated carbocycles. The Morgan fingerprint density at radius 2 is 1.77 bits per heavy atom. The van der Waals surface area contributed by atoms with Crippen molar-refractivity contribution in [2.45, 2.75) is 77.4 Å². The zero-order valence-electron chi connectivity index (χ0n) is 23.7. The monoisotopic (exact) mass is 558 g/mol. The van der Waals surface area contributed by atoms with Crippen molar-refractivity contribution >= 4 is 23.6 Å². The van der Waals surface area contributed by atoms with Crippen LogP contribution in [0.25, 0.3) is 0 Å². The smallest absolute Gasteiger partial charge is 0.233 e. The molecule has 1 aromatic heterocycles. The zero-order chi connectivity index (χ0) is 29.0. The highest BCUT2D eigenvalue weighted by Crippen LogP contribution is 2.52. The first kappa shape index (κ1) is 29.9. The molecule has 220 valence electrons. The summed E-state index contributed by atoms with van der Waals surface area (Å²) in [5.74, 6) is -0.453. The van der Waals surface area contributed by atoms with E-state index in [1.165, 1.54) is 4.90 Å². The van der Waals surface area contributed by atoms with E-state index in [0.29, 0.717) is 31.5 Å². The van der Waals surface area contributed by atoms with Crippen molar-refractivity contribution in [1.82, 2.24) is 30.1 Å². The van der Waals surface area contributed by atoms with Crippen molar-refractivity contribution < 1.29 is 29.4 Å². The number of allylic oxidation sites excluding steroid dienone is 2. The molecule has 40 heavy (non-hydrogen) atoms. The van der Waals surface area contributed by atoms with Crippen LogP contribution in [-0.4, -0.2) is 91.0 Å². The predicted octanol–water partition coefficient (Wildman–Crippen LogP) is 0.589. The number of imide groups is 1. The quantitative estimate of drug-likeness (QED) is 0.160. The van der Waals surface area contributed by atoms with Crippen LogP contribution in [0.4, 0.5) is 0 Å². The molecule has 12 nitrogen and oxygen atoms in total. The highest BCUT2D eigenvalue weighted by Gasteiger charge is 2.58. The Bertz CT molecular complexity index is 1100. The van der Waals surface area contributed by atoms with Crippen LogP contribution in [0.15, 0.2) is 18.3 Å². The lowest BCUT2D eigenvalue weighted by Crippen LogP contribution is -2.38. The number of hydrogen-bond acceptors (Lipinski definition) is 8. The number of hydrogen-bond donors (Lipinski definition) is 3. The van der Waals surface area contributed by atoms with Crippen molar-refractivity contribution in [3.05, 3.63) is 24.0 Å². The fourth-order valence-electron chi connectivity index (χ4n) is 5.92. The number of aliphatic hydroxyl groups excluding tert-OH is 2. The van der Waals surface area contributed by atoms with E-state index in [1.807, 2.05) is 13.8 Å². The van der Waals surface area contributed by atoms with Crippen LogP contribution in [-0.2, 0) is 31.3 Å². The largest absolute Gasteiger partial charge is 0.394 e. The van der Waals surface area contributed by atoms with E-state index in [2.05, 4.69) is 27.8 Å². The SMILES string of the molecule is CC(CO)NC(=O)CCN(Cc1cn(C(C)(C)CO)nn1)C(=O)CCCCCN1C(=O)[C@@H]2[C@H](C1=O)[C@H]1C=C[C@@H]2C1. The van der Waals surface area contributed by atoms with Gasteiger partial charge in [-0.2, -0.15) is 0 Å². The molecule has 1 unspecified atom stereocenters. The van der Waals surface area contributed by atoms with Gasteiger partial charge in [0.1, 0.15) is 5.69 Å². The van der Waals surface area contributed by atoms with Gasteiger partial charge in [0.2, 0.25) is 23.6 Å². The van der Waals surface area contributed by atoms with Crippen molar-refractivity contribution in [2.24, 2.45) is 23.7 Å². The molecule has 1 aromatic rings. The van der Waals surface area contributed by atoms with E-state index in [4.69, 9.17) is 0 Å². The lowest BCUT2D eigenvalue weighted by molar-refractivity contribution is -0.141. The van der Waals surface area contributed by atoms with Gasteiger partial charge < -0.3 is 20.4 Å². The zero-order valence-corrected chi connectivity index (χ0v) is 23.7.